The van der Waals surface area contributed by atoms with Crippen molar-refractivity contribution >= 4 is 5.84 Å². The van der Waals surface area contributed by atoms with Crippen molar-refractivity contribution in [2.75, 3.05) is 0 Å². The predicted octanol–water partition coefficient (Wildman–Crippen LogP) is 4.20. The molecule has 1 aromatic heterocycles. The van der Waals surface area contributed by atoms with Gasteiger partial charge in [0.05, 0.1) is 5.69 Å². The average Bonchev–Trinajstić information content (AvgIpc) is 2.77. The van der Waals surface area contributed by atoms with Crippen molar-refractivity contribution in [1.82, 2.24) is 4.98 Å². The van der Waals surface area contributed by atoms with E-state index in [4.69, 9.17) is 16.3 Å². The van der Waals surface area contributed by atoms with E-state index >= 15 is 0 Å². The monoisotopic (exact) mass is 388 g/mol. The van der Waals surface area contributed by atoms with Crippen molar-refractivity contribution in [1.29, 1.82) is 0 Å². The van der Waals surface area contributed by atoms with E-state index in [9.17, 15) is 0 Å². The van der Waals surface area contributed by atoms with Gasteiger partial charge in [-0.15, -0.1) is 0 Å². The number of hydrogen-bond donors (Lipinski definition) is 2. The molecule has 0 saturated carbocycles. The Balaban J connectivity index is 1.83. The molecule has 150 valence electrons. The molecule has 0 bridgehead atoms. The van der Waals surface area contributed by atoms with Crippen LogP contribution in [-0.2, 0) is 12.0 Å². The molecule has 0 saturated heterocycles. The lowest BCUT2D eigenvalue weighted by atomic mass is 9.68. The first-order chi connectivity index (χ1) is 13.9. The van der Waals surface area contributed by atoms with E-state index in [1.807, 2.05) is 42.5 Å². The van der Waals surface area contributed by atoms with Gasteiger partial charge in [0.2, 0.25) is 0 Å². The van der Waals surface area contributed by atoms with Crippen LogP contribution in [-0.4, -0.2) is 10.8 Å². The van der Waals surface area contributed by atoms with E-state index in [-0.39, 0.29) is 5.41 Å². The normalized spacial score (nSPS) is 13.9. The number of amidine groups is 1. The summed E-state index contributed by atoms with van der Waals surface area (Å²) in [5, 5.41) is 3.57. The standard InChI is InChI=1S/C24H28N4O/c1-17(2)24(3,19-9-7-18(8-10-19)23(25)28-26)20-11-13-22(14-12-20)29-16-21-6-4-5-15-27-21/h4-15,17H,16,26H2,1-3H3,(H2,25,28). The molecule has 0 spiro atoms. The fraction of sp³-hybridized carbons (Fsp3) is 0.250. The van der Waals surface area contributed by atoms with Crippen LogP contribution in [0.4, 0.5) is 0 Å². The van der Waals surface area contributed by atoms with Gasteiger partial charge in [0.25, 0.3) is 0 Å². The van der Waals surface area contributed by atoms with Gasteiger partial charge in [0, 0.05) is 17.2 Å². The van der Waals surface area contributed by atoms with Crippen molar-refractivity contribution in [3.63, 3.8) is 0 Å². The number of rotatable bonds is 7. The number of benzene rings is 2. The lowest BCUT2D eigenvalue weighted by Crippen LogP contribution is -2.30. The topological polar surface area (TPSA) is 86.5 Å². The minimum absolute atomic E-state index is 0.160. The van der Waals surface area contributed by atoms with E-state index in [2.05, 4.69) is 55.1 Å². The zero-order chi connectivity index (χ0) is 20.9. The SMILES string of the molecule is CC(C)C(C)(c1ccc(OCc2ccccn2)cc1)c1ccc(/C(N)=N\N)cc1. The van der Waals surface area contributed by atoms with Crippen LogP contribution in [0.2, 0.25) is 0 Å². The van der Waals surface area contributed by atoms with Crippen molar-refractivity contribution in [3.8, 4) is 5.75 Å². The highest BCUT2D eigenvalue weighted by atomic mass is 16.5. The highest BCUT2D eigenvalue weighted by molar-refractivity contribution is 5.97. The lowest BCUT2D eigenvalue weighted by Gasteiger charge is -2.35. The van der Waals surface area contributed by atoms with E-state index in [1.165, 1.54) is 11.1 Å². The molecule has 3 aromatic rings. The van der Waals surface area contributed by atoms with E-state index in [0.717, 1.165) is 17.0 Å². The molecule has 0 aliphatic heterocycles. The molecule has 2 aromatic carbocycles. The van der Waals surface area contributed by atoms with Crippen LogP contribution in [0.15, 0.2) is 78.0 Å². The molecular weight excluding hydrogens is 360 g/mol. The number of nitrogens with zero attached hydrogens (tertiary/aromatic N) is 2. The van der Waals surface area contributed by atoms with Gasteiger partial charge < -0.3 is 16.3 Å². The first-order valence-electron chi connectivity index (χ1n) is 9.72. The molecule has 0 fully saturated rings. The summed E-state index contributed by atoms with van der Waals surface area (Å²) >= 11 is 0. The van der Waals surface area contributed by atoms with Crippen LogP contribution in [0.25, 0.3) is 0 Å². The Hall–Kier alpha value is -3.34. The Morgan fingerprint density at radius 2 is 1.62 bits per heavy atom. The molecule has 0 amide bonds. The fourth-order valence-electron chi connectivity index (χ4n) is 3.43. The maximum absolute atomic E-state index is 5.88. The summed E-state index contributed by atoms with van der Waals surface area (Å²) in [6.45, 7) is 7.17. The number of nitrogens with two attached hydrogens (primary N) is 2. The third-order valence-electron chi connectivity index (χ3n) is 5.64. The van der Waals surface area contributed by atoms with Gasteiger partial charge in [-0.2, -0.15) is 5.10 Å². The third kappa shape index (κ3) is 4.40. The van der Waals surface area contributed by atoms with Crippen LogP contribution in [0, 0.1) is 5.92 Å². The summed E-state index contributed by atoms with van der Waals surface area (Å²) in [6, 6.07) is 22.2. The van der Waals surface area contributed by atoms with Gasteiger partial charge in [-0.25, -0.2) is 0 Å². The van der Waals surface area contributed by atoms with Gasteiger partial charge >= 0.3 is 0 Å². The van der Waals surface area contributed by atoms with Crippen molar-refractivity contribution in [2.45, 2.75) is 32.8 Å². The minimum Gasteiger partial charge on any atom is -0.487 e. The second kappa shape index (κ2) is 8.78. The molecule has 5 heteroatoms. The van der Waals surface area contributed by atoms with Crippen molar-refractivity contribution in [2.24, 2.45) is 22.6 Å². The maximum Gasteiger partial charge on any atom is 0.150 e. The van der Waals surface area contributed by atoms with Gasteiger partial charge in [-0.05, 0) is 41.3 Å². The first-order valence-corrected chi connectivity index (χ1v) is 9.72. The Bertz CT molecular complexity index is 950. The summed E-state index contributed by atoms with van der Waals surface area (Å²) in [4.78, 5) is 4.29. The van der Waals surface area contributed by atoms with Gasteiger partial charge in [-0.3, -0.25) is 4.98 Å². The maximum atomic E-state index is 5.88. The van der Waals surface area contributed by atoms with Gasteiger partial charge in [-0.1, -0.05) is 63.2 Å². The molecule has 1 atom stereocenters. The Morgan fingerprint density at radius 3 is 2.14 bits per heavy atom. The van der Waals surface area contributed by atoms with Crippen LogP contribution < -0.4 is 16.3 Å². The van der Waals surface area contributed by atoms with Crippen molar-refractivity contribution in [3.05, 3.63) is 95.3 Å². The molecule has 3 rings (SSSR count). The number of hydrogen-bond acceptors (Lipinski definition) is 4. The summed E-state index contributed by atoms with van der Waals surface area (Å²) in [6.07, 6.45) is 1.77. The number of pyridine rings is 1. The number of ether oxygens (including phenoxy) is 1. The first kappa shape index (κ1) is 20.4. The highest BCUT2D eigenvalue weighted by Crippen LogP contribution is 2.39. The summed E-state index contributed by atoms with van der Waals surface area (Å²) in [5.41, 5.74) is 9.82. The smallest absolute Gasteiger partial charge is 0.150 e. The van der Waals surface area contributed by atoms with E-state index in [1.54, 1.807) is 6.20 Å². The largest absolute Gasteiger partial charge is 0.487 e. The second-order valence-corrected chi connectivity index (χ2v) is 7.58. The quantitative estimate of drug-likeness (QED) is 0.275. The molecule has 5 nitrogen and oxygen atoms in total. The highest BCUT2D eigenvalue weighted by Gasteiger charge is 2.32. The lowest BCUT2D eigenvalue weighted by molar-refractivity contribution is 0.301. The average molecular weight is 389 g/mol. The molecule has 0 radical (unpaired) electrons. The van der Waals surface area contributed by atoms with Crippen LogP contribution in [0.3, 0.4) is 0 Å². The van der Waals surface area contributed by atoms with E-state index < -0.39 is 0 Å². The molecule has 1 heterocycles. The molecular formula is C24H28N4O. The van der Waals surface area contributed by atoms with Gasteiger partial charge in [0.15, 0.2) is 0 Å². The summed E-state index contributed by atoms with van der Waals surface area (Å²) in [5.74, 6) is 6.83. The molecule has 0 aliphatic carbocycles. The second-order valence-electron chi connectivity index (χ2n) is 7.58. The number of aromatic nitrogens is 1. The van der Waals surface area contributed by atoms with Gasteiger partial charge in [0.1, 0.15) is 18.2 Å². The van der Waals surface area contributed by atoms with Crippen molar-refractivity contribution < 1.29 is 4.74 Å². The summed E-state index contributed by atoms with van der Waals surface area (Å²) < 4.78 is 5.88. The molecule has 1 unspecified atom stereocenters. The van der Waals surface area contributed by atoms with Crippen LogP contribution in [0.5, 0.6) is 5.75 Å². The van der Waals surface area contributed by atoms with Crippen LogP contribution in [0.1, 0.15) is 43.2 Å². The zero-order valence-corrected chi connectivity index (χ0v) is 17.2. The zero-order valence-electron chi connectivity index (χ0n) is 17.2. The Labute approximate surface area is 172 Å². The fourth-order valence-corrected chi connectivity index (χ4v) is 3.43. The van der Waals surface area contributed by atoms with E-state index in [0.29, 0.717) is 18.4 Å². The number of hydrazone groups is 1. The van der Waals surface area contributed by atoms with Crippen LogP contribution >= 0.6 is 0 Å². The Morgan fingerprint density at radius 1 is 1.00 bits per heavy atom. The third-order valence-corrected chi connectivity index (χ3v) is 5.64. The molecule has 4 N–H and O–H groups in total. The molecule has 29 heavy (non-hydrogen) atoms. The predicted molar refractivity (Wildman–Crippen MR) is 118 cm³/mol. The Kier molecular flexibility index (Phi) is 6.17. The minimum atomic E-state index is -0.160. The molecule has 0 aliphatic rings. The summed E-state index contributed by atoms with van der Waals surface area (Å²) in [7, 11) is 0.